The maximum atomic E-state index is 13.8. The van der Waals surface area contributed by atoms with Gasteiger partial charge < -0.3 is 10.6 Å². The molecule has 0 unspecified atom stereocenters. The molecular weight excluding hydrogens is 451 g/mol. The van der Waals surface area contributed by atoms with Gasteiger partial charge in [0.25, 0.3) is 5.91 Å². The molecule has 0 saturated heterocycles. The molecule has 0 atom stereocenters. The summed E-state index contributed by atoms with van der Waals surface area (Å²) in [6, 6.07) is 11.7. The van der Waals surface area contributed by atoms with Crippen LogP contribution in [0.25, 0.3) is 5.52 Å². The molecule has 10 heteroatoms. The van der Waals surface area contributed by atoms with Crippen LogP contribution < -0.4 is 10.6 Å². The monoisotopic (exact) mass is 460 g/mol. The van der Waals surface area contributed by atoms with Crippen molar-refractivity contribution < 1.29 is 9.18 Å². The predicted molar refractivity (Wildman–Crippen MR) is 108 cm³/mol. The number of halogens is 3. The number of rotatable bonds is 4. The number of hydrogen-bond donors (Lipinski definition) is 2. The standard InChI is InChI=1S/C18H11BrClFN6O/c19-15-2-1-3-17(25-15)23-12-8-16(20)26-27-13(12)4-5-14(27)18(28)24-11-6-7-22-9-10(11)21/h1-9H,(H,23,25)(H,22,24,28). The van der Waals surface area contributed by atoms with Gasteiger partial charge in [-0.05, 0) is 46.3 Å². The summed E-state index contributed by atoms with van der Waals surface area (Å²) in [4.78, 5) is 20.6. The fourth-order valence-electron chi connectivity index (χ4n) is 2.61. The Kier molecular flexibility index (Phi) is 4.93. The largest absolute Gasteiger partial charge is 0.338 e. The third kappa shape index (κ3) is 3.67. The van der Waals surface area contributed by atoms with Crippen LogP contribution in [0.3, 0.4) is 0 Å². The van der Waals surface area contributed by atoms with E-state index in [2.05, 4.69) is 41.6 Å². The smallest absolute Gasteiger partial charge is 0.274 e. The number of pyridine rings is 2. The van der Waals surface area contributed by atoms with E-state index in [1.165, 1.54) is 16.8 Å². The molecule has 0 aliphatic heterocycles. The minimum atomic E-state index is -0.634. The first kappa shape index (κ1) is 18.3. The van der Waals surface area contributed by atoms with E-state index < -0.39 is 11.7 Å². The molecular formula is C18H11BrClFN6O. The number of anilines is 3. The fraction of sp³-hybridized carbons (Fsp3) is 0. The molecule has 28 heavy (non-hydrogen) atoms. The highest BCUT2D eigenvalue weighted by atomic mass is 79.9. The Balaban J connectivity index is 1.71. The quantitative estimate of drug-likeness (QED) is 0.431. The lowest BCUT2D eigenvalue weighted by Crippen LogP contribution is -2.16. The van der Waals surface area contributed by atoms with Crippen LogP contribution in [0, 0.1) is 5.82 Å². The van der Waals surface area contributed by atoms with Crippen molar-refractivity contribution in [3.8, 4) is 0 Å². The molecule has 0 bridgehead atoms. The van der Waals surface area contributed by atoms with E-state index in [1.807, 2.05) is 6.07 Å². The first-order valence-electron chi connectivity index (χ1n) is 8.00. The number of carbonyl (C=O) groups excluding carboxylic acids is 1. The zero-order valence-electron chi connectivity index (χ0n) is 14.0. The predicted octanol–water partition coefficient (Wildman–Crippen LogP) is 4.68. The molecule has 7 nitrogen and oxygen atoms in total. The van der Waals surface area contributed by atoms with Crippen molar-refractivity contribution in [3.05, 3.63) is 76.1 Å². The summed E-state index contributed by atoms with van der Waals surface area (Å²) in [6.07, 6.45) is 2.41. The van der Waals surface area contributed by atoms with E-state index in [-0.39, 0.29) is 16.5 Å². The van der Waals surface area contributed by atoms with Gasteiger partial charge in [0.15, 0.2) is 11.0 Å². The highest BCUT2D eigenvalue weighted by Crippen LogP contribution is 2.26. The molecule has 0 saturated carbocycles. The number of hydrogen-bond acceptors (Lipinski definition) is 5. The van der Waals surface area contributed by atoms with Gasteiger partial charge in [0.1, 0.15) is 16.1 Å². The number of aromatic nitrogens is 4. The SMILES string of the molecule is O=C(Nc1ccncc1F)c1ccc2c(Nc3cccc(Br)n3)cc(Cl)nn12. The molecule has 4 heterocycles. The number of nitrogens with zero attached hydrogens (tertiary/aromatic N) is 4. The summed E-state index contributed by atoms with van der Waals surface area (Å²) in [5.74, 6) is -0.582. The maximum absolute atomic E-state index is 13.8. The van der Waals surface area contributed by atoms with E-state index in [9.17, 15) is 9.18 Å². The van der Waals surface area contributed by atoms with Crippen LogP contribution in [-0.2, 0) is 0 Å². The van der Waals surface area contributed by atoms with Crippen LogP contribution in [0.5, 0.6) is 0 Å². The minimum Gasteiger partial charge on any atom is -0.338 e. The Morgan fingerprint density at radius 2 is 2.04 bits per heavy atom. The Labute approximate surface area is 171 Å². The van der Waals surface area contributed by atoms with Crippen molar-refractivity contribution in [2.75, 3.05) is 10.6 Å². The van der Waals surface area contributed by atoms with Gasteiger partial charge in [-0.1, -0.05) is 17.7 Å². The zero-order chi connectivity index (χ0) is 19.7. The first-order valence-corrected chi connectivity index (χ1v) is 9.17. The molecule has 140 valence electrons. The fourth-order valence-corrected chi connectivity index (χ4v) is 3.14. The molecule has 1 amide bonds. The van der Waals surface area contributed by atoms with E-state index in [0.717, 1.165) is 6.20 Å². The molecule has 0 spiro atoms. The lowest BCUT2D eigenvalue weighted by Gasteiger charge is -2.10. The molecule has 0 radical (unpaired) electrons. The molecule has 0 aromatic carbocycles. The molecule has 4 aromatic rings. The van der Waals surface area contributed by atoms with Gasteiger partial charge in [-0.25, -0.2) is 13.9 Å². The van der Waals surface area contributed by atoms with Crippen LogP contribution in [0.15, 0.2) is 59.5 Å². The van der Waals surface area contributed by atoms with Crippen molar-refractivity contribution in [1.82, 2.24) is 19.6 Å². The van der Waals surface area contributed by atoms with Gasteiger partial charge in [-0.15, -0.1) is 0 Å². The molecule has 0 aliphatic rings. The van der Waals surface area contributed by atoms with Gasteiger partial charge in [0.2, 0.25) is 0 Å². The summed E-state index contributed by atoms with van der Waals surface area (Å²) < 4.78 is 15.8. The van der Waals surface area contributed by atoms with Crippen molar-refractivity contribution in [3.63, 3.8) is 0 Å². The summed E-state index contributed by atoms with van der Waals surface area (Å²) in [5, 5.41) is 10.0. The molecule has 4 rings (SSSR count). The second kappa shape index (κ2) is 7.53. The van der Waals surface area contributed by atoms with Crippen molar-refractivity contribution in [1.29, 1.82) is 0 Å². The van der Waals surface area contributed by atoms with Gasteiger partial charge >= 0.3 is 0 Å². The summed E-state index contributed by atoms with van der Waals surface area (Å²) in [5.41, 5.74) is 1.43. The number of amides is 1. The van der Waals surface area contributed by atoms with Crippen LogP contribution in [-0.4, -0.2) is 25.5 Å². The highest BCUT2D eigenvalue weighted by molar-refractivity contribution is 9.10. The van der Waals surface area contributed by atoms with E-state index in [1.54, 1.807) is 30.3 Å². The van der Waals surface area contributed by atoms with E-state index in [4.69, 9.17) is 11.6 Å². The van der Waals surface area contributed by atoms with Crippen LogP contribution in [0.1, 0.15) is 10.5 Å². The normalized spacial score (nSPS) is 10.8. The third-order valence-corrected chi connectivity index (χ3v) is 4.45. The average molecular weight is 462 g/mol. The summed E-state index contributed by atoms with van der Waals surface area (Å²) >= 11 is 9.46. The first-order chi connectivity index (χ1) is 13.5. The van der Waals surface area contributed by atoms with E-state index >= 15 is 0 Å². The van der Waals surface area contributed by atoms with Gasteiger partial charge in [-0.2, -0.15) is 5.10 Å². The second-order valence-corrected chi connectivity index (χ2v) is 6.88. The lowest BCUT2D eigenvalue weighted by atomic mass is 10.3. The Morgan fingerprint density at radius 1 is 1.18 bits per heavy atom. The summed E-state index contributed by atoms with van der Waals surface area (Å²) in [7, 11) is 0. The summed E-state index contributed by atoms with van der Waals surface area (Å²) in [6.45, 7) is 0. The number of fused-ring (bicyclic) bond motifs is 1. The van der Waals surface area contributed by atoms with Gasteiger partial charge in [-0.3, -0.25) is 9.78 Å². The van der Waals surface area contributed by atoms with Crippen molar-refractivity contribution in [2.45, 2.75) is 0 Å². The minimum absolute atomic E-state index is 0.0219. The van der Waals surface area contributed by atoms with Gasteiger partial charge in [0.05, 0.1) is 23.1 Å². The van der Waals surface area contributed by atoms with E-state index in [0.29, 0.717) is 21.6 Å². The van der Waals surface area contributed by atoms with Crippen molar-refractivity contribution in [2.24, 2.45) is 0 Å². The van der Waals surface area contributed by atoms with Gasteiger partial charge in [0, 0.05) is 12.3 Å². The van der Waals surface area contributed by atoms with Crippen LogP contribution >= 0.6 is 27.5 Å². The highest BCUT2D eigenvalue weighted by Gasteiger charge is 2.17. The molecule has 2 N–H and O–H groups in total. The number of nitrogens with one attached hydrogen (secondary N) is 2. The molecule has 4 aromatic heterocycles. The molecule has 0 fully saturated rings. The molecule has 0 aliphatic carbocycles. The Hall–Kier alpha value is -3.04. The second-order valence-electron chi connectivity index (χ2n) is 5.68. The van der Waals surface area contributed by atoms with Crippen molar-refractivity contribution >= 4 is 56.1 Å². The third-order valence-electron chi connectivity index (χ3n) is 3.82. The maximum Gasteiger partial charge on any atom is 0.274 e. The lowest BCUT2D eigenvalue weighted by molar-refractivity contribution is 0.102. The Morgan fingerprint density at radius 3 is 2.82 bits per heavy atom. The Bertz CT molecular complexity index is 1200. The number of carbonyl (C=O) groups is 1. The van der Waals surface area contributed by atoms with Crippen LogP contribution in [0.2, 0.25) is 5.15 Å². The zero-order valence-corrected chi connectivity index (χ0v) is 16.4. The average Bonchev–Trinajstić information content (AvgIpc) is 3.07. The van der Waals surface area contributed by atoms with Crippen LogP contribution in [0.4, 0.5) is 21.6 Å². The topological polar surface area (TPSA) is 84.2 Å².